The Kier molecular flexibility index (Phi) is 4.46. The van der Waals surface area contributed by atoms with Crippen LogP contribution in [0, 0.1) is 0 Å². The smallest absolute Gasteiger partial charge is 0.251 e. The van der Waals surface area contributed by atoms with Gasteiger partial charge < -0.3 is 10.7 Å². The first-order chi connectivity index (χ1) is 9.29. The summed E-state index contributed by atoms with van der Waals surface area (Å²) in [5.74, 6) is 5.56. The van der Waals surface area contributed by atoms with Crippen molar-refractivity contribution in [1.82, 2.24) is 20.1 Å². The van der Waals surface area contributed by atoms with E-state index in [4.69, 9.17) is 5.84 Å². The summed E-state index contributed by atoms with van der Waals surface area (Å²) < 4.78 is 1.83. The lowest BCUT2D eigenvalue weighted by Crippen LogP contribution is -2.25. The van der Waals surface area contributed by atoms with Gasteiger partial charge in [-0.3, -0.25) is 9.48 Å². The van der Waals surface area contributed by atoms with Crippen LogP contribution in [0.25, 0.3) is 0 Å². The molecule has 7 heteroatoms. The van der Waals surface area contributed by atoms with Crippen molar-refractivity contribution in [2.45, 2.75) is 13.0 Å². The summed E-state index contributed by atoms with van der Waals surface area (Å²) in [6.45, 7) is 1.37. The SMILES string of the molecule is NNc1cc(C(=O)NCCCn2cccn2)ccn1. The number of carbonyl (C=O) groups excluding carboxylic acids is 1. The fourth-order valence-corrected chi connectivity index (χ4v) is 1.63. The van der Waals surface area contributed by atoms with Crippen LogP contribution in [0.1, 0.15) is 16.8 Å². The fraction of sp³-hybridized carbons (Fsp3) is 0.250. The minimum atomic E-state index is -0.139. The first-order valence-electron chi connectivity index (χ1n) is 5.98. The summed E-state index contributed by atoms with van der Waals surface area (Å²) >= 11 is 0. The first kappa shape index (κ1) is 13.0. The predicted molar refractivity (Wildman–Crippen MR) is 71.2 cm³/mol. The van der Waals surface area contributed by atoms with Crippen LogP contribution in [0.3, 0.4) is 0 Å². The molecule has 0 aliphatic carbocycles. The molecule has 0 aliphatic heterocycles. The minimum absolute atomic E-state index is 0.139. The lowest BCUT2D eigenvalue weighted by atomic mass is 10.2. The summed E-state index contributed by atoms with van der Waals surface area (Å²) in [7, 11) is 0. The summed E-state index contributed by atoms with van der Waals surface area (Å²) in [4.78, 5) is 15.8. The van der Waals surface area contributed by atoms with Crippen molar-refractivity contribution in [3.63, 3.8) is 0 Å². The second-order valence-corrected chi connectivity index (χ2v) is 3.95. The van der Waals surface area contributed by atoms with E-state index in [0.717, 1.165) is 13.0 Å². The van der Waals surface area contributed by atoms with Crippen LogP contribution >= 0.6 is 0 Å². The molecule has 0 saturated heterocycles. The highest BCUT2D eigenvalue weighted by Crippen LogP contribution is 2.04. The maximum Gasteiger partial charge on any atom is 0.251 e. The number of amides is 1. The van der Waals surface area contributed by atoms with Crippen molar-refractivity contribution in [3.8, 4) is 0 Å². The number of hydrogen-bond acceptors (Lipinski definition) is 5. The highest BCUT2D eigenvalue weighted by molar-refractivity contribution is 5.94. The molecule has 19 heavy (non-hydrogen) atoms. The van der Waals surface area contributed by atoms with Gasteiger partial charge in [-0.25, -0.2) is 10.8 Å². The molecule has 0 aliphatic rings. The Morgan fingerprint density at radius 3 is 3.05 bits per heavy atom. The average molecular weight is 260 g/mol. The van der Waals surface area contributed by atoms with Gasteiger partial charge in [0, 0.05) is 37.2 Å². The van der Waals surface area contributed by atoms with Gasteiger partial charge in [0.1, 0.15) is 5.82 Å². The van der Waals surface area contributed by atoms with Crippen LogP contribution in [0.2, 0.25) is 0 Å². The van der Waals surface area contributed by atoms with Crippen molar-refractivity contribution in [3.05, 3.63) is 42.4 Å². The van der Waals surface area contributed by atoms with Crippen molar-refractivity contribution < 1.29 is 4.79 Å². The number of carbonyl (C=O) groups is 1. The lowest BCUT2D eigenvalue weighted by molar-refractivity contribution is 0.0952. The predicted octanol–water partition coefficient (Wildman–Crippen LogP) is 0.384. The second-order valence-electron chi connectivity index (χ2n) is 3.95. The van der Waals surface area contributed by atoms with Gasteiger partial charge in [-0.1, -0.05) is 0 Å². The molecule has 4 N–H and O–H groups in total. The molecule has 0 spiro atoms. The van der Waals surface area contributed by atoms with Gasteiger partial charge in [-0.05, 0) is 24.6 Å². The molecule has 0 bridgehead atoms. The van der Waals surface area contributed by atoms with Gasteiger partial charge in [-0.2, -0.15) is 5.10 Å². The third-order valence-electron chi connectivity index (χ3n) is 2.58. The highest BCUT2D eigenvalue weighted by Gasteiger charge is 2.05. The number of hydrogen-bond donors (Lipinski definition) is 3. The molecule has 2 aromatic rings. The maximum atomic E-state index is 11.8. The van der Waals surface area contributed by atoms with Crippen molar-refractivity contribution >= 4 is 11.7 Å². The molecule has 0 atom stereocenters. The number of hydrazine groups is 1. The Labute approximate surface area is 110 Å². The Morgan fingerprint density at radius 1 is 1.42 bits per heavy atom. The van der Waals surface area contributed by atoms with Gasteiger partial charge in [0.15, 0.2) is 0 Å². The van der Waals surface area contributed by atoms with Crippen molar-refractivity contribution in [2.24, 2.45) is 5.84 Å². The zero-order valence-electron chi connectivity index (χ0n) is 10.4. The van der Waals surface area contributed by atoms with Crippen LogP contribution in [-0.4, -0.2) is 27.2 Å². The number of nitrogens with one attached hydrogen (secondary N) is 2. The van der Waals surface area contributed by atoms with Crippen LogP contribution in [0.5, 0.6) is 0 Å². The molecule has 0 unspecified atom stereocenters. The van der Waals surface area contributed by atoms with Gasteiger partial charge in [0.25, 0.3) is 5.91 Å². The van der Waals surface area contributed by atoms with E-state index in [-0.39, 0.29) is 5.91 Å². The second kappa shape index (κ2) is 6.50. The highest BCUT2D eigenvalue weighted by atomic mass is 16.1. The molecule has 0 saturated carbocycles. The van der Waals surface area contributed by atoms with Crippen molar-refractivity contribution in [1.29, 1.82) is 0 Å². The molecule has 2 aromatic heterocycles. The zero-order chi connectivity index (χ0) is 13.5. The van der Waals surface area contributed by atoms with Gasteiger partial charge >= 0.3 is 0 Å². The third kappa shape index (κ3) is 3.78. The molecule has 2 rings (SSSR count). The van der Waals surface area contributed by atoms with E-state index in [1.54, 1.807) is 18.3 Å². The van der Waals surface area contributed by atoms with Gasteiger partial charge in [-0.15, -0.1) is 0 Å². The monoisotopic (exact) mass is 260 g/mol. The number of rotatable bonds is 6. The third-order valence-corrected chi connectivity index (χ3v) is 2.58. The normalized spacial score (nSPS) is 10.2. The molecular formula is C12H16N6O. The molecule has 0 aromatic carbocycles. The number of nitrogen functional groups attached to an aromatic ring is 1. The molecule has 7 nitrogen and oxygen atoms in total. The lowest BCUT2D eigenvalue weighted by Gasteiger charge is -2.06. The van der Waals surface area contributed by atoms with Crippen LogP contribution in [0.4, 0.5) is 5.82 Å². The van der Waals surface area contributed by atoms with Gasteiger partial charge in [0.05, 0.1) is 0 Å². The van der Waals surface area contributed by atoms with E-state index in [9.17, 15) is 4.79 Å². The molecular weight excluding hydrogens is 244 g/mol. The fourth-order valence-electron chi connectivity index (χ4n) is 1.63. The average Bonchev–Trinajstić information content (AvgIpc) is 2.96. The minimum Gasteiger partial charge on any atom is -0.352 e. The zero-order valence-corrected chi connectivity index (χ0v) is 10.4. The van der Waals surface area contributed by atoms with E-state index in [1.165, 1.54) is 6.20 Å². The Balaban J connectivity index is 1.77. The van der Waals surface area contributed by atoms with E-state index in [1.807, 2.05) is 16.9 Å². The van der Waals surface area contributed by atoms with Crippen LogP contribution in [0.15, 0.2) is 36.8 Å². The van der Waals surface area contributed by atoms with Crippen molar-refractivity contribution in [2.75, 3.05) is 12.0 Å². The Morgan fingerprint density at radius 2 is 2.32 bits per heavy atom. The molecule has 0 radical (unpaired) electrons. The molecule has 0 fully saturated rings. The molecule has 100 valence electrons. The number of nitrogens with zero attached hydrogens (tertiary/aromatic N) is 3. The van der Waals surface area contributed by atoms with E-state index < -0.39 is 0 Å². The number of nitrogens with two attached hydrogens (primary N) is 1. The van der Waals surface area contributed by atoms with E-state index >= 15 is 0 Å². The molecule has 1 amide bonds. The number of pyridine rings is 1. The topological polar surface area (TPSA) is 97.9 Å². The molecule has 2 heterocycles. The quantitative estimate of drug-likeness (QED) is 0.396. The van der Waals surface area contributed by atoms with Crippen LogP contribution in [-0.2, 0) is 6.54 Å². The summed E-state index contributed by atoms with van der Waals surface area (Å²) in [5, 5.41) is 6.92. The summed E-state index contributed by atoms with van der Waals surface area (Å²) in [6, 6.07) is 5.11. The van der Waals surface area contributed by atoms with Gasteiger partial charge in [0.2, 0.25) is 0 Å². The Hall–Kier alpha value is -2.41. The summed E-state index contributed by atoms with van der Waals surface area (Å²) in [6.07, 6.45) is 5.98. The van der Waals surface area contributed by atoms with E-state index in [0.29, 0.717) is 17.9 Å². The number of anilines is 1. The first-order valence-corrected chi connectivity index (χ1v) is 5.98. The largest absolute Gasteiger partial charge is 0.352 e. The van der Waals surface area contributed by atoms with E-state index in [2.05, 4.69) is 20.8 Å². The number of aryl methyl sites for hydroxylation is 1. The standard InChI is InChI=1S/C12H16N6O/c13-17-11-9-10(3-6-14-11)12(19)15-4-1-7-18-8-2-5-16-18/h2-3,5-6,8-9H,1,4,7,13H2,(H,14,17)(H,15,19). The van der Waals surface area contributed by atoms with Crippen LogP contribution < -0.4 is 16.6 Å². The Bertz CT molecular complexity index is 525. The number of aromatic nitrogens is 3. The summed E-state index contributed by atoms with van der Waals surface area (Å²) in [5.41, 5.74) is 2.93. The maximum absolute atomic E-state index is 11.8.